The monoisotopic (exact) mass is 325 g/mol. The van der Waals surface area contributed by atoms with Crippen molar-refractivity contribution in [3.8, 4) is 5.75 Å². The molecule has 0 aliphatic heterocycles. The van der Waals surface area contributed by atoms with Gasteiger partial charge in [-0.3, -0.25) is 19.7 Å². The van der Waals surface area contributed by atoms with E-state index in [-0.39, 0.29) is 17.0 Å². The van der Waals surface area contributed by atoms with Crippen LogP contribution < -0.4 is 10.9 Å². The summed E-state index contributed by atoms with van der Waals surface area (Å²) >= 11 is 0. The van der Waals surface area contributed by atoms with Gasteiger partial charge in [-0.25, -0.2) is 0 Å². The number of amides is 1. The first-order chi connectivity index (χ1) is 11.4. The lowest BCUT2D eigenvalue weighted by Crippen LogP contribution is -2.23. The van der Waals surface area contributed by atoms with E-state index in [0.29, 0.717) is 16.6 Å². The summed E-state index contributed by atoms with van der Waals surface area (Å²) in [6.45, 7) is 0. The number of nitrogens with one attached hydrogen (secondary N) is 2. The molecule has 0 unspecified atom stereocenters. The summed E-state index contributed by atoms with van der Waals surface area (Å²) in [6.07, 6.45) is 0. The van der Waals surface area contributed by atoms with E-state index in [1.54, 1.807) is 0 Å². The molecule has 0 spiro atoms. The van der Waals surface area contributed by atoms with Crippen molar-refractivity contribution >= 4 is 28.2 Å². The second-order valence-electron chi connectivity index (χ2n) is 5.04. The number of benzene rings is 2. The van der Waals surface area contributed by atoms with Crippen LogP contribution in [-0.2, 0) is 0 Å². The SMILES string of the molecule is O=C(Nc1ccc(O)cc1)c1cc2cc([N+](=O)[O-])ccc2[nH]c1=O. The van der Waals surface area contributed by atoms with Gasteiger partial charge in [-0.05, 0) is 36.4 Å². The van der Waals surface area contributed by atoms with Gasteiger partial charge in [0.2, 0.25) is 0 Å². The van der Waals surface area contributed by atoms with Crippen LogP contribution in [0.4, 0.5) is 11.4 Å². The number of aromatic nitrogens is 1. The summed E-state index contributed by atoms with van der Waals surface area (Å²) in [4.78, 5) is 37.1. The zero-order valence-corrected chi connectivity index (χ0v) is 12.1. The number of hydrogen-bond donors (Lipinski definition) is 3. The molecule has 0 atom stereocenters. The molecule has 3 rings (SSSR count). The molecule has 0 aliphatic carbocycles. The number of hydrogen-bond acceptors (Lipinski definition) is 5. The number of nitro groups is 1. The van der Waals surface area contributed by atoms with Crippen LogP contribution in [0.3, 0.4) is 0 Å². The average Bonchev–Trinajstić information content (AvgIpc) is 2.55. The molecule has 3 aromatic rings. The van der Waals surface area contributed by atoms with E-state index in [0.717, 1.165) is 0 Å². The topological polar surface area (TPSA) is 125 Å². The Morgan fingerprint density at radius 2 is 1.83 bits per heavy atom. The van der Waals surface area contributed by atoms with Gasteiger partial charge < -0.3 is 15.4 Å². The van der Waals surface area contributed by atoms with Crippen LogP contribution in [0.1, 0.15) is 10.4 Å². The summed E-state index contributed by atoms with van der Waals surface area (Å²) in [5.41, 5.74) is -0.119. The number of aromatic hydroxyl groups is 1. The Morgan fingerprint density at radius 1 is 1.12 bits per heavy atom. The van der Waals surface area contributed by atoms with E-state index in [9.17, 15) is 24.8 Å². The molecular weight excluding hydrogens is 314 g/mol. The lowest BCUT2D eigenvalue weighted by Gasteiger charge is -2.06. The van der Waals surface area contributed by atoms with Crippen molar-refractivity contribution < 1.29 is 14.8 Å². The van der Waals surface area contributed by atoms with Gasteiger partial charge >= 0.3 is 0 Å². The number of phenols is 1. The Morgan fingerprint density at radius 3 is 2.50 bits per heavy atom. The number of carbonyl (C=O) groups is 1. The van der Waals surface area contributed by atoms with Crippen LogP contribution >= 0.6 is 0 Å². The van der Waals surface area contributed by atoms with E-state index < -0.39 is 16.4 Å². The average molecular weight is 325 g/mol. The number of carbonyl (C=O) groups excluding carboxylic acids is 1. The predicted molar refractivity (Wildman–Crippen MR) is 87.3 cm³/mol. The van der Waals surface area contributed by atoms with Gasteiger partial charge in [-0.2, -0.15) is 0 Å². The minimum atomic E-state index is -0.657. The van der Waals surface area contributed by atoms with Crippen molar-refractivity contribution in [2.45, 2.75) is 0 Å². The first-order valence-corrected chi connectivity index (χ1v) is 6.86. The highest BCUT2D eigenvalue weighted by molar-refractivity contribution is 6.05. The first kappa shape index (κ1) is 15.2. The molecule has 0 radical (unpaired) electrons. The fourth-order valence-corrected chi connectivity index (χ4v) is 2.22. The summed E-state index contributed by atoms with van der Waals surface area (Å²) in [6, 6.07) is 11.0. The summed E-state index contributed by atoms with van der Waals surface area (Å²) in [5.74, 6) is -0.612. The predicted octanol–water partition coefficient (Wildman–Crippen LogP) is 2.39. The zero-order valence-electron chi connectivity index (χ0n) is 12.1. The third-order valence-corrected chi connectivity index (χ3v) is 3.41. The fraction of sp³-hybridized carbons (Fsp3) is 0. The molecule has 2 aromatic carbocycles. The maximum Gasteiger partial charge on any atom is 0.270 e. The number of H-pyrrole nitrogens is 1. The van der Waals surface area contributed by atoms with Crippen LogP contribution in [0.15, 0.2) is 53.3 Å². The lowest BCUT2D eigenvalue weighted by molar-refractivity contribution is -0.384. The number of pyridine rings is 1. The van der Waals surface area contributed by atoms with Crippen molar-refractivity contribution in [2.24, 2.45) is 0 Å². The quantitative estimate of drug-likeness (QED) is 0.387. The van der Waals surface area contributed by atoms with Gasteiger partial charge in [0.05, 0.1) is 4.92 Å². The van der Waals surface area contributed by atoms with Gasteiger partial charge in [0.15, 0.2) is 0 Å². The van der Waals surface area contributed by atoms with Crippen molar-refractivity contribution in [1.29, 1.82) is 0 Å². The molecule has 24 heavy (non-hydrogen) atoms. The van der Waals surface area contributed by atoms with Gasteiger partial charge in [0, 0.05) is 28.7 Å². The fourth-order valence-electron chi connectivity index (χ4n) is 2.22. The molecular formula is C16H11N3O5. The third kappa shape index (κ3) is 2.93. The molecule has 0 fully saturated rings. The molecule has 0 bridgehead atoms. The minimum absolute atomic E-state index is 0.0452. The van der Waals surface area contributed by atoms with E-state index >= 15 is 0 Å². The van der Waals surface area contributed by atoms with Gasteiger partial charge in [-0.15, -0.1) is 0 Å². The van der Waals surface area contributed by atoms with Crippen LogP contribution in [0.25, 0.3) is 10.9 Å². The molecule has 8 heteroatoms. The molecule has 0 saturated heterocycles. The molecule has 1 aromatic heterocycles. The molecule has 1 amide bonds. The molecule has 0 saturated carbocycles. The second-order valence-corrected chi connectivity index (χ2v) is 5.04. The van der Waals surface area contributed by atoms with Crippen LogP contribution in [0, 0.1) is 10.1 Å². The maximum absolute atomic E-state index is 12.3. The highest BCUT2D eigenvalue weighted by atomic mass is 16.6. The third-order valence-electron chi connectivity index (χ3n) is 3.41. The number of fused-ring (bicyclic) bond motifs is 1. The van der Waals surface area contributed by atoms with Crippen molar-refractivity contribution in [2.75, 3.05) is 5.32 Å². The van der Waals surface area contributed by atoms with Crippen molar-refractivity contribution in [1.82, 2.24) is 4.98 Å². The van der Waals surface area contributed by atoms with Gasteiger partial charge in [-0.1, -0.05) is 0 Å². The van der Waals surface area contributed by atoms with Gasteiger partial charge in [0.1, 0.15) is 11.3 Å². The van der Waals surface area contributed by atoms with Crippen molar-refractivity contribution in [3.63, 3.8) is 0 Å². The first-order valence-electron chi connectivity index (χ1n) is 6.86. The number of non-ortho nitro benzene ring substituents is 1. The van der Waals surface area contributed by atoms with Gasteiger partial charge in [0.25, 0.3) is 17.2 Å². The second kappa shape index (κ2) is 5.84. The molecule has 0 aliphatic rings. The highest BCUT2D eigenvalue weighted by Crippen LogP contribution is 2.20. The standard InChI is InChI=1S/C16H11N3O5/c20-12-4-1-10(2-5-12)17-15(21)13-8-9-7-11(19(23)24)3-6-14(9)18-16(13)22/h1-8,20H,(H,17,21)(H,18,22). The van der Waals surface area contributed by atoms with Crippen molar-refractivity contribution in [3.05, 3.63) is 74.6 Å². The summed E-state index contributed by atoms with van der Waals surface area (Å²) in [5, 5.41) is 23.0. The Kier molecular flexibility index (Phi) is 3.70. The molecule has 3 N–H and O–H groups in total. The smallest absolute Gasteiger partial charge is 0.270 e. The van der Waals surface area contributed by atoms with E-state index in [2.05, 4.69) is 10.3 Å². The number of nitro benzene ring substituents is 1. The number of aromatic amines is 1. The van der Waals surface area contributed by atoms with E-state index in [1.807, 2.05) is 0 Å². The summed E-state index contributed by atoms with van der Waals surface area (Å²) < 4.78 is 0. The maximum atomic E-state index is 12.3. The Hall–Kier alpha value is -3.68. The van der Waals surface area contributed by atoms with Crippen LogP contribution in [0.2, 0.25) is 0 Å². The normalized spacial score (nSPS) is 10.5. The number of rotatable bonds is 3. The van der Waals surface area contributed by atoms with Crippen LogP contribution in [-0.4, -0.2) is 20.9 Å². The van der Waals surface area contributed by atoms with Crippen LogP contribution in [0.5, 0.6) is 5.75 Å². The number of anilines is 1. The van der Waals surface area contributed by atoms with E-state index in [4.69, 9.17) is 0 Å². The Balaban J connectivity index is 1.99. The zero-order chi connectivity index (χ0) is 17.3. The minimum Gasteiger partial charge on any atom is -0.508 e. The number of nitrogens with zero attached hydrogens (tertiary/aromatic N) is 1. The molecule has 120 valence electrons. The highest BCUT2D eigenvalue weighted by Gasteiger charge is 2.14. The molecule has 8 nitrogen and oxygen atoms in total. The Bertz CT molecular complexity index is 1010. The number of phenolic OH excluding ortho intramolecular Hbond substituents is 1. The summed E-state index contributed by atoms with van der Waals surface area (Å²) in [7, 11) is 0. The van der Waals surface area contributed by atoms with E-state index in [1.165, 1.54) is 48.5 Å². The lowest BCUT2D eigenvalue weighted by atomic mass is 10.1. The molecule has 1 heterocycles. The Labute approximate surface area is 134 Å². The largest absolute Gasteiger partial charge is 0.508 e.